The quantitative estimate of drug-likeness (QED) is 0.379. The van der Waals surface area contributed by atoms with Crippen LogP contribution in [0, 0.1) is 0 Å². The second-order valence-electron chi connectivity index (χ2n) is 0. The van der Waals surface area contributed by atoms with Gasteiger partial charge in [-0.05, 0) is 0 Å². The Kier molecular flexibility index (Phi) is 807. The molecular weight excluding hydrogens is 54.0 g/mol. The summed E-state index contributed by atoms with van der Waals surface area (Å²) in [7, 11) is 0. The Bertz CT molecular complexity index is 6.00. The molecule has 0 N–H and O–H groups in total. The van der Waals surface area contributed by atoms with Crippen LogP contribution < -0.4 is 6.15 Å². The highest BCUT2D eigenvalue weighted by atomic mass is 16.1. The fourth-order valence-electron chi connectivity index (χ4n) is 0. The van der Waals surface area contributed by atoms with Crippen molar-refractivity contribution in [2.45, 2.75) is 7.43 Å². The van der Waals surface area contributed by atoms with Crippen LogP contribution in [-0.2, 0) is 4.79 Å². The molecule has 0 aromatic carbocycles. The third-order valence-corrected chi connectivity index (χ3v) is 0. The van der Waals surface area contributed by atoms with E-state index in [1.54, 1.807) is 0 Å². The summed E-state index contributed by atoms with van der Waals surface area (Å²) < 4.78 is 0. The van der Waals surface area contributed by atoms with Gasteiger partial charge in [0.1, 0.15) is 0 Å². The van der Waals surface area contributed by atoms with E-state index in [1.165, 1.54) is 0 Å². The molecule has 2 nitrogen and oxygen atoms in total. The van der Waals surface area contributed by atoms with Gasteiger partial charge in [-0.2, -0.15) is 0 Å². The average Bonchev–Trinajstić information content (AvgIpc) is 1.00. The molecule has 0 amide bonds. The number of nitrogens with zero attached hydrogens (tertiary/aromatic N) is 1. The summed E-state index contributed by atoms with van der Waals surface area (Å²) in [5.41, 5.74) is 0. The molecule has 0 bridgehead atoms. The molecule has 0 unspecified atom stereocenters. The molecule has 0 aliphatic rings. The molecule has 0 saturated heterocycles. The van der Waals surface area contributed by atoms with Gasteiger partial charge in [0.15, 0.2) is 0 Å². The van der Waals surface area contributed by atoms with Crippen LogP contribution in [0.25, 0.3) is 0 Å². The maximum Gasteiger partial charge on any atom is 0.281 e. The molecule has 5 radical (unpaired) electrons. The fourth-order valence-corrected chi connectivity index (χ4v) is 0. The predicted octanol–water partition coefficient (Wildman–Crippen LogP) is -0.242. The molecule has 0 aliphatic carbocycles. The molecule has 2 heteroatoms. The molecule has 0 aromatic heterocycles. The Morgan fingerprint density at radius 2 is 1.25 bits per heavy atom. The molecule has 4 heavy (non-hydrogen) atoms. The Balaban J connectivity index is -0.00000000500. The van der Waals surface area contributed by atoms with Gasteiger partial charge in [0, 0.05) is 6.15 Å². The Labute approximate surface area is 26.4 Å². The Hall–Kier alpha value is -0.370. The molecule has 0 atom stereocenters. The van der Waals surface area contributed by atoms with Crippen LogP contribution in [0.3, 0.4) is 0 Å². The lowest BCUT2D eigenvalue weighted by Gasteiger charge is -0.761. The number of hydrogen-bond donors (Lipinski definition) is 0. The van der Waals surface area contributed by atoms with Crippen molar-refractivity contribution in [1.82, 2.24) is 6.15 Å². The van der Waals surface area contributed by atoms with Crippen molar-refractivity contribution < 1.29 is 4.79 Å². The summed E-state index contributed by atoms with van der Waals surface area (Å²) in [6, 6.07) is 0. The van der Waals surface area contributed by atoms with Crippen LogP contribution in [0.1, 0.15) is 7.43 Å². The lowest BCUT2D eigenvalue weighted by molar-refractivity contribution is 0.574. The first-order valence-electron chi connectivity index (χ1n) is 0.204. The minimum atomic E-state index is 0. The molecule has 0 heterocycles. The number of hydrogen-bond acceptors (Lipinski definition) is 1. The third kappa shape index (κ3) is 4.73. The smallest absolute Gasteiger partial charge is 0.281 e. The third-order valence-electron chi connectivity index (χ3n) is 0. The van der Waals surface area contributed by atoms with Gasteiger partial charge in [0.25, 0.3) is 6.79 Å². The average molecular weight is 58.1 g/mol. The Morgan fingerprint density at radius 3 is 1.25 bits per heavy atom. The lowest BCUT2D eigenvalue weighted by atomic mass is 11.9. The molecule has 0 aliphatic heterocycles. The van der Waals surface area contributed by atoms with Crippen molar-refractivity contribution in [2.24, 2.45) is 0 Å². The van der Waals surface area contributed by atoms with Gasteiger partial charge in [-0.25, -0.2) is 0 Å². The summed E-state index contributed by atoms with van der Waals surface area (Å²) in [4.78, 5) is 7.50. The highest BCUT2D eigenvalue weighted by Crippen LogP contribution is 0.513. The van der Waals surface area contributed by atoms with Crippen LogP contribution in [0.4, 0.5) is 0 Å². The molecule has 0 aromatic rings. The monoisotopic (exact) mass is 58.0 g/mol. The molecular formula is C2H4NO. The van der Waals surface area contributed by atoms with E-state index in [2.05, 4.69) is 6.79 Å². The summed E-state index contributed by atoms with van der Waals surface area (Å²) >= 11 is 0. The molecule has 0 fully saturated rings. The maximum atomic E-state index is 7.50. The first-order valence-corrected chi connectivity index (χ1v) is 0.204. The summed E-state index contributed by atoms with van der Waals surface area (Å²) in [6.07, 6.45) is 0. The first kappa shape index (κ1) is 63.3. The van der Waals surface area contributed by atoms with Crippen molar-refractivity contribution in [3.63, 3.8) is 0 Å². The summed E-state index contributed by atoms with van der Waals surface area (Å²) in [6.45, 7) is 4.50. The maximum absolute atomic E-state index is 7.50. The molecule has 0 rings (SSSR count). The van der Waals surface area contributed by atoms with E-state index in [1.807, 2.05) is 0 Å². The van der Waals surface area contributed by atoms with Crippen molar-refractivity contribution >= 4 is 6.79 Å². The summed E-state index contributed by atoms with van der Waals surface area (Å²) in [5.74, 6) is 0. The van der Waals surface area contributed by atoms with E-state index < -0.39 is 0 Å². The molecule has 0 saturated carbocycles. The molecule has 0 spiro atoms. The standard InChI is InChI=1S/CO.CH4.N/c1-2;;/h;1H4;. The van der Waals surface area contributed by atoms with Gasteiger partial charge in [-0.1, -0.05) is 7.43 Å². The van der Waals surface area contributed by atoms with Crippen LogP contribution >= 0.6 is 0 Å². The topological polar surface area (TPSA) is 47.6 Å². The van der Waals surface area contributed by atoms with E-state index in [0.717, 1.165) is 0 Å². The van der Waals surface area contributed by atoms with E-state index in [0.29, 0.717) is 0 Å². The second kappa shape index (κ2) is 51.0. The van der Waals surface area contributed by atoms with Crippen molar-refractivity contribution in [3.05, 3.63) is 0 Å². The fraction of sp³-hybridized carbons (Fsp3) is 0.500. The highest BCUT2D eigenvalue weighted by Gasteiger charge is 0.761. The van der Waals surface area contributed by atoms with E-state index >= 15 is 0 Å². The van der Waals surface area contributed by atoms with Gasteiger partial charge in [-0.3, -0.25) is 4.79 Å². The highest BCUT2D eigenvalue weighted by molar-refractivity contribution is 5.12. The minimum Gasteiger partial charge on any atom is -0.281 e. The Morgan fingerprint density at radius 1 is 1.25 bits per heavy atom. The van der Waals surface area contributed by atoms with Crippen molar-refractivity contribution in [3.8, 4) is 0 Å². The zero-order valence-electron chi connectivity index (χ0n) is 1.36. The number of rotatable bonds is 0. The normalized spacial score (nSPS) is 1.00. The van der Waals surface area contributed by atoms with Crippen LogP contribution in [0.5, 0.6) is 0 Å². The van der Waals surface area contributed by atoms with Gasteiger partial charge < -0.3 is 0 Å². The predicted molar refractivity (Wildman–Crippen MR) is 14.6 cm³/mol. The SMILES string of the molecule is C.[C]=O.[N]. The van der Waals surface area contributed by atoms with Crippen LogP contribution in [0.15, 0.2) is 0 Å². The largest absolute Gasteiger partial charge is 0.281 e. The van der Waals surface area contributed by atoms with Crippen molar-refractivity contribution in [1.29, 1.82) is 0 Å². The van der Waals surface area contributed by atoms with E-state index in [-0.39, 0.29) is 13.6 Å². The van der Waals surface area contributed by atoms with E-state index in [9.17, 15) is 0 Å². The van der Waals surface area contributed by atoms with Gasteiger partial charge in [0.05, 0.1) is 0 Å². The van der Waals surface area contributed by atoms with Gasteiger partial charge in [-0.15, -0.1) is 0 Å². The second-order valence-corrected chi connectivity index (χ2v) is 0. The van der Waals surface area contributed by atoms with Gasteiger partial charge >= 0.3 is 0 Å². The van der Waals surface area contributed by atoms with Gasteiger partial charge in [0.2, 0.25) is 0 Å². The van der Waals surface area contributed by atoms with Crippen molar-refractivity contribution in [2.75, 3.05) is 0 Å². The lowest BCUT2D eigenvalue weighted by Crippen LogP contribution is -0.910. The van der Waals surface area contributed by atoms with E-state index in [4.69, 9.17) is 4.79 Å². The zero-order chi connectivity index (χ0) is 2.00. The summed E-state index contributed by atoms with van der Waals surface area (Å²) in [5, 5.41) is 0. The van der Waals surface area contributed by atoms with Crippen LogP contribution in [0.2, 0.25) is 0 Å². The number of carbonyl (C=O) groups excluding carboxylic acids is 1. The van der Waals surface area contributed by atoms with Crippen LogP contribution in [-0.4, -0.2) is 6.79 Å². The minimum absolute atomic E-state index is 0. The molecule has 23 valence electrons. The zero-order valence-corrected chi connectivity index (χ0v) is 1.36. The first-order chi connectivity index (χ1) is 1.00.